The molecule has 21 heavy (non-hydrogen) atoms. The number of rotatable bonds is 8. The number of fused-ring (bicyclic) bond motifs is 1. The minimum atomic E-state index is -0.857. The number of carboxylic acids is 1. The second-order valence-corrected chi connectivity index (χ2v) is 4.74. The Bertz CT molecular complexity index is 653. The van der Waals surface area contributed by atoms with Crippen molar-refractivity contribution >= 4 is 17.0 Å². The molecule has 110 valence electrons. The van der Waals surface area contributed by atoms with Gasteiger partial charge in [0, 0.05) is 13.1 Å². The van der Waals surface area contributed by atoms with E-state index in [2.05, 4.69) is 28.4 Å². The van der Waals surface area contributed by atoms with Crippen molar-refractivity contribution in [3.8, 4) is 0 Å². The minimum absolute atomic E-state index is 0.0121. The number of aliphatic carboxylic acids is 1. The van der Waals surface area contributed by atoms with E-state index in [0.29, 0.717) is 12.2 Å². The molecule has 0 radical (unpaired) electrons. The first-order chi connectivity index (χ1) is 10.1. The highest BCUT2D eigenvalue weighted by Crippen LogP contribution is 2.14. The Kier molecular flexibility index (Phi) is 4.84. The van der Waals surface area contributed by atoms with Crippen LogP contribution in [0.1, 0.15) is 5.56 Å². The summed E-state index contributed by atoms with van der Waals surface area (Å²) in [7, 11) is 0. The summed E-state index contributed by atoms with van der Waals surface area (Å²) in [5.41, 5.74) is 2.30. The van der Waals surface area contributed by atoms with E-state index < -0.39 is 5.97 Å². The lowest BCUT2D eigenvalue weighted by Crippen LogP contribution is -2.27. The van der Waals surface area contributed by atoms with Crippen LogP contribution in [0, 0.1) is 0 Å². The Labute approximate surface area is 123 Å². The molecule has 1 aromatic carbocycles. The molecule has 0 aliphatic heterocycles. The maximum Gasteiger partial charge on any atom is 0.307 e. The van der Waals surface area contributed by atoms with Crippen molar-refractivity contribution < 1.29 is 9.90 Å². The molecule has 1 heterocycles. The van der Waals surface area contributed by atoms with Crippen molar-refractivity contribution in [3.05, 3.63) is 49.1 Å². The summed E-state index contributed by atoms with van der Waals surface area (Å²) in [5.74, 6) is -0.857. The predicted octanol–water partition coefficient (Wildman–Crippen LogP) is 1.69. The Balaban J connectivity index is 2.22. The van der Waals surface area contributed by atoms with Crippen LogP contribution in [-0.4, -0.2) is 44.1 Å². The molecule has 6 heteroatoms. The monoisotopic (exact) mass is 286 g/mol. The fourth-order valence-electron chi connectivity index (χ4n) is 2.15. The first-order valence-corrected chi connectivity index (χ1v) is 6.62. The number of hydrogen-bond donors (Lipinski definition) is 1. The third-order valence-corrected chi connectivity index (χ3v) is 3.04. The maximum absolute atomic E-state index is 10.7. The van der Waals surface area contributed by atoms with Crippen LogP contribution < -0.4 is 0 Å². The molecule has 0 bridgehead atoms. The highest BCUT2D eigenvalue weighted by Gasteiger charge is 2.09. The normalized spacial score (nSPS) is 10.9. The summed E-state index contributed by atoms with van der Waals surface area (Å²) in [6, 6.07) is 5.41. The molecule has 6 nitrogen and oxygen atoms in total. The zero-order valence-electron chi connectivity index (χ0n) is 11.8. The summed E-state index contributed by atoms with van der Waals surface area (Å²) in [4.78, 5) is 12.8. The molecule has 1 N–H and O–H groups in total. The fourth-order valence-corrected chi connectivity index (χ4v) is 2.15. The Morgan fingerprint density at radius 3 is 2.67 bits per heavy atom. The van der Waals surface area contributed by atoms with E-state index >= 15 is 0 Å². The van der Waals surface area contributed by atoms with Crippen LogP contribution >= 0.6 is 0 Å². The largest absolute Gasteiger partial charge is 0.481 e. The van der Waals surface area contributed by atoms with Crippen molar-refractivity contribution in [1.82, 2.24) is 19.9 Å². The van der Waals surface area contributed by atoms with Crippen LogP contribution in [0.3, 0.4) is 0 Å². The SMILES string of the molecule is C=CCN(CC=C)Cn1nnc2cc(CC(=O)O)ccc21. The lowest BCUT2D eigenvalue weighted by molar-refractivity contribution is -0.136. The first kappa shape index (κ1) is 14.9. The number of aromatic nitrogens is 3. The molecule has 0 saturated carbocycles. The van der Waals surface area contributed by atoms with Gasteiger partial charge in [-0.2, -0.15) is 0 Å². The lowest BCUT2D eigenvalue weighted by atomic mass is 10.1. The average molecular weight is 286 g/mol. The summed E-state index contributed by atoms with van der Waals surface area (Å²) in [6.45, 7) is 9.50. The van der Waals surface area contributed by atoms with E-state index in [1.807, 2.05) is 18.2 Å². The van der Waals surface area contributed by atoms with Gasteiger partial charge >= 0.3 is 5.97 Å². The van der Waals surface area contributed by atoms with Crippen molar-refractivity contribution in [1.29, 1.82) is 0 Å². The van der Waals surface area contributed by atoms with Gasteiger partial charge in [0.1, 0.15) is 5.52 Å². The van der Waals surface area contributed by atoms with Gasteiger partial charge in [0.05, 0.1) is 18.6 Å². The molecular weight excluding hydrogens is 268 g/mol. The van der Waals surface area contributed by atoms with E-state index in [1.54, 1.807) is 16.8 Å². The highest BCUT2D eigenvalue weighted by atomic mass is 16.4. The molecule has 0 unspecified atom stereocenters. The van der Waals surface area contributed by atoms with Gasteiger partial charge in [-0.05, 0) is 17.7 Å². The van der Waals surface area contributed by atoms with Gasteiger partial charge in [-0.3, -0.25) is 9.69 Å². The number of nitrogens with zero attached hydrogens (tertiary/aromatic N) is 4. The Hall–Kier alpha value is -2.47. The molecule has 0 fully saturated rings. The van der Waals surface area contributed by atoms with Crippen LogP contribution in [-0.2, 0) is 17.9 Å². The van der Waals surface area contributed by atoms with Crippen LogP contribution in [0.5, 0.6) is 0 Å². The zero-order chi connectivity index (χ0) is 15.2. The van der Waals surface area contributed by atoms with Gasteiger partial charge in [0.15, 0.2) is 0 Å². The third kappa shape index (κ3) is 3.76. The van der Waals surface area contributed by atoms with Crippen molar-refractivity contribution in [2.75, 3.05) is 13.1 Å². The predicted molar refractivity (Wildman–Crippen MR) is 80.8 cm³/mol. The number of carboxylic acid groups (broad SMARTS) is 1. The van der Waals surface area contributed by atoms with Gasteiger partial charge in [-0.1, -0.05) is 23.4 Å². The summed E-state index contributed by atoms with van der Waals surface area (Å²) in [5, 5.41) is 17.0. The molecule has 0 spiro atoms. The van der Waals surface area contributed by atoms with Gasteiger partial charge in [-0.25, -0.2) is 4.68 Å². The van der Waals surface area contributed by atoms with Crippen LogP contribution in [0.25, 0.3) is 11.0 Å². The average Bonchev–Trinajstić information content (AvgIpc) is 2.81. The quantitative estimate of drug-likeness (QED) is 0.748. The van der Waals surface area contributed by atoms with Gasteiger partial charge in [-0.15, -0.1) is 18.3 Å². The zero-order valence-corrected chi connectivity index (χ0v) is 11.8. The van der Waals surface area contributed by atoms with Gasteiger partial charge in [0.2, 0.25) is 0 Å². The van der Waals surface area contributed by atoms with E-state index in [4.69, 9.17) is 5.11 Å². The topological polar surface area (TPSA) is 71.2 Å². The summed E-state index contributed by atoms with van der Waals surface area (Å²) in [6.07, 6.45) is 3.64. The smallest absolute Gasteiger partial charge is 0.307 e. The van der Waals surface area contributed by atoms with E-state index in [-0.39, 0.29) is 6.42 Å². The number of benzene rings is 1. The second-order valence-electron chi connectivity index (χ2n) is 4.74. The van der Waals surface area contributed by atoms with Crippen molar-refractivity contribution in [3.63, 3.8) is 0 Å². The lowest BCUT2D eigenvalue weighted by Gasteiger charge is -2.18. The molecule has 0 amide bonds. The maximum atomic E-state index is 10.7. The van der Waals surface area contributed by atoms with Crippen molar-refractivity contribution in [2.24, 2.45) is 0 Å². The minimum Gasteiger partial charge on any atom is -0.481 e. The van der Waals surface area contributed by atoms with E-state index in [0.717, 1.165) is 24.2 Å². The van der Waals surface area contributed by atoms with E-state index in [1.165, 1.54) is 0 Å². The van der Waals surface area contributed by atoms with Gasteiger partial charge in [0.25, 0.3) is 0 Å². The molecule has 0 saturated heterocycles. The molecule has 0 aliphatic rings. The molecule has 1 aromatic heterocycles. The highest BCUT2D eigenvalue weighted by molar-refractivity contribution is 5.77. The standard InChI is InChI=1S/C15H18N4O2/c1-3-7-18(8-4-2)11-19-14-6-5-12(10-15(20)21)9-13(14)16-17-19/h3-6,9H,1-2,7-8,10-11H2,(H,20,21). The number of carbonyl (C=O) groups is 1. The third-order valence-electron chi connectivity index (χ3n) is 3.04. The van der Waals surface area contributed by atoms with Crippen molar-refractivity contribution in [2.45, 2.75) is 13.1 Å². The van der Waals surface area contributed by atoms with Crippen LogP contribution in [0.4, 0.5) is 0 Å². The number of hydrogen-bond acceptors (Lipinski definition) is 4. The Morgan fingerprint density at radius 1 is 1.33 bits per heavy atom. The fraction of sp³-hybridized carbons (Fsp3) is 0.267. The van der Waals surface area contributed by atoms with E-state index in [9.17, 15) is 4.79 Å². The van der Waals surface area contributed by atoms with Crippen LogP contribution in [0.15, 0.2) is 43.5 Å². The molecular formula is C15H18N4O2. The Morgan fingerprint density at radius 2 is 2.05 bits per heavy atom. The molecule has 0 aliphatic carbocycles. The first-order valence-electron chi connectivity index (χ1n) is 6.62. The van der Waals surface area contributed by atoms with Crippen LogP contribution in [0.2, 0.25) is 0 Å². The summed E-state index contributed by atoms with van der Waals surface area (Å²) >= 11 is 0. The second kappa shape index (κ2) is 6.81. The molecule has 2 rings (SSSR count). The molecule has 0 atom stereocenters. The summed E-state index contributed by atoms with van der Waals surface area (Å²) < 4.78 is 1.78. The van der Waals surface area contributed by atoms with Gasteiger partial charge < -0.3 is 5.11 Å². The molecule has 2 aromatic rings.